The highest BCUT2D eigenvalue weighted by Gasteiger charge is 2.00. The maximum atomic E-state index is 8.88. The molecule has 1 rings (SSSR count). The smallest absolute Gasteiger partial charge is 0.381 e. The van der Waals surface area contributed by atoms with E-state index in [2.05, 4.69) is 13.8 Å². The molecule has 0 amide bonds. The van der Waals surface area contributed by atoms with E-state index in [-0.39, 0.29) is 0 Å². The van der Waals surface area contributed by atoms with E-state index in [0.717, 1.165) is 13.2 Å². The second-order valence-corrected chi connectivity index (χ2v) is 4.21. The first-order valence-electron chi connectivity index (χ1n) is 5.27. The fraction of sp³-hybridized carbons (Fsp3) is 1.00. The zero-order valence-electron chi connectivity index (χ0n) is 9.56. The van der Waals surface area contributed by atoms with Gasteiger partial charge in [-0.2, -0.15) is 0 Å². The highest BCUT2D eigenvalue weighted by molar-refractivity contribution is 7.45. The molecular weight excluding hydrogens is 219 g/mol. The summed E-state index contributed by atoms with van der Waals surface area (Å²) in [4.78, 5) is 21.6. The van der Waals surface area contributed by atoms with E-state index in [0.29, 0.717) is 0 Å². The van der Waals surface area contributed by atoms with Crippen molar-refractivity contribution in [2.45, 2.75) is 46.0 Å². The summed E-state index contributed by atoms with van der Waals surface area (Å²) in [6.45, 7) is 6.42. The SMILES string of the molecule is C1CCOC1.CCCCC.O=P(O)(O)O. The summed E-state index contributed by atoms with van der Waals surface area (Å²) in [7, 11) is -4.64. The van der Waals surface area contributed by atoms with Gasteiger partial charge in [-0.15, -0.1) is 0 Å². The monoisotopic (exact) mass is 242 g/mol. The average molecular weight is 242 g/mol. The molecule has 1 aliphatic heterocycles. The number of hydrogen-bond donors (Lipinski definition) is 3. The van der Waals surface area contributed by atoms with Crippen LogP contribution in [0.25, 0.3) is 0 Å². The van der Waals surface area contributed by atoms with E-state index in [1.54, 1.807) is 0 Å². The topological polar surface area (TPSA) is 87.0 Å². The molecule has 0 radical (unpaired) electrons. The Morgan fingerprint density at radius 2 is 1.40 bits per heavy atom. The second-order valence-electron chi connectivity index (χ2n) is 3.19. The van der Waals surface area contributed by atoms with E-state index in [9.17, 15) is 0 Å². The molecule has 0 unspecified atom stereocenters. The van der Waals surface area contributed by atoms with E-state index in [1.807, 2.05) is 0 Å². The Hall–Kier alpha value is 0.0700. The largest absolute Gasteiger partial charge is 0.466 e. The maximum Gasteiger partial charge on any atom is 0.466 e. The molecule has 1 saturated heterocycles. The Morgan fingerprint density at radius 1 is 1.07 bits per heavy atom. The summed E-state index contributed by atoms with van der Waals surface area (Å²) in [5, 5.41) is 0. The van der Waals surface area contributed by atoms with Gasteiger partial charge in [-0.1, -0.05) is 33.1 Å². The molecule has 0 saturated carbocycles. The summed E-state index contributed by atoms with van der Waals surface area (Å²) in [5.74, 6) is 0. The molecule has 0 bridgehead atoms. The highest BCUT2D eigenvalue weighted by Crippen LogP contribution is 2.25. The lowest BCUT2D eigenvalue weighted by Crippen LogP contribution is -1.74. The minimum absolute atomic E-state index is 1.00. The van der Waals surface area contributed by atoms with Crippen molar-refractivity contribution in [3.63, 3.8) is 0 Å². The van der Waals surface area contributed by atoms with Crippen molar-refractivity contribution in [2.24, 2.45) is 0 Å². The Labute approximate surface area is 91.7 Å². The van der Waals surface area contributed by atoms with Gasteiger partial charge in [0.1, 0.15) is 0 Å². The fourth-order valence-corrected chi connectivity index (χ4v) is 0.864. The number of ether oxygens (including phenoxy) is 1. The molecule has 5 nitrogen and oxygen atoms in total. The number of rotatable bonds is 2. The number of unbranched alkanes of at least 4 members (excludes halogenated alkanes) is 2. The number of hydrogen-bond acceptors (Lipinski definition) is 2. The minimum atomic E-state index is -4.64. The Bertz CT molecular complexity index is 135. The molecular formula is C9H23O5P. The van der Waals surface area contributed by atoms with Crippen LogP contribution in [0.3, 0.4) is 0 Å². The van der Waals surface area contributed by atoms with E-state index < -0.39 is 7.82 Å². The van der Waals surface area contributed by atoms with Crippen LogP contribution in [0.4, 0.5) is 0 Å². The van der Waals surface area contributed by atoms with Gasteiger partial charge in [-0.05, 0) is 12.8 Å². The standard InChI is InChI=1S/C5H12.C4H8O.H3O4P/c1-3-5-4-2;1-2-4-5-3-1;1-5(2,3)4/h3-5H2,1-2H3;1-4H2;(H3,1,2,3,4). The van der Waals surface area contributed by atoms with Crippen LogP contribution in [0, 0.1) is 0 Å². The van der Waals surface area contributed by atoms with Crippen molar-refractivity contribution in [1.29, 1.82) is 0 Å². The highest BCUT2D eigenvalue weighted by atomic mass is 31.2. The predicted octanol–water partition coefficient (Wildman–Crippen LogP) is 2.06. The van der Waals surface area contributed by atoms with Crippen molar-refractivity contribution in [2.75, 3.05) is 13.2 Å². The van der Waals surface area contributed by atoms with Crippen molar-refractivity contribution in [1.82, 2.24) is 0 Å². The van der Waals surface area contributed by atoms with E-state index >= 15 is 0 Å². The van der Waals surface area contributed by atoms with Crippen molar-refractivity contribution >= 4 is 7.82 Å². The molecule has 1 aliphatic rings. The molecule has 1 fully saturated rings. The van der Waals surface area contributed by atoms with Crippen molar-refractivity contribution in [3.05, 3.63) is 0 Å². The first kappa shape index (κ1) is 17.5. The Balaban J connectivity index is 0. The van der Waals surface area contributed by atoms with Crippen molar-refractivity contribution in [3.8, 4) is 0 Å². The van der Waals surface area contributed by atoms with Gasteiger partial charge in [0.05, 0.1) is 0 Å². The third kappa shape index (κ3) is 41.0. The van der Waals surface area contributed by atoms with Gasteiger partial charge in [0.15, 0.2) is 0 Å². The summed E-state index contributed by atoms with van der Waals surface area (Å²) in [6, 6.07) is 0. The summed E-state index contributed by atoms with van der Waals surface area (Å²) < 4.78 is 13.8. The van der Waals surface area contributed by atoms with Gasteiger partial charge < -0.3 is 19.4 Å². The predicted molar refractivity (Wildman–Crippen MR) is 59.5 cm³/mol. The lowest BCUT2D eigenvalue weighted by atomic mass is 10.3. The molecule has 0 aromatic heterocycles. The van der Waals surface area contributed by atoms with Crippen LogP contribution < -0.4 is 0 Å². The number of phosphoric acid groups is 1. The molecule has 0 spiro atoms. The Morgan fingerprint density at radius 3 is 1.47 bits per heavy atom. The molecule has 0 aliphatic carbocycles. The average Bonchev–Trinajstić information content (AvgIpc) is 2.58. The second kappa shape index (κ2) is 12.1. The molecule has 1 heterocycles. The van der Waals surface area contributed by atoms with Gasteiger partial charge in [0.2, 0.25) is 0 Å². The van der Waals surface area contributed by atoms with Gasteiger partial charge in [-0.25, -0.2) is 4.57 Å². The third-order valence-electron chi connectivity index (χ3n) is 1.53. The van der Waals surface area contributed by atoms with Gasteiger partial charge in [0.25, 0.3) is 0 Å². The van der Waals surface area contributed by atoms with Crippen LogP contribution in [0.5, 0.6) is 0 Å². The molecule has 6 heteroatoms. The fourth-order valence-electron chi connectivity index (χ4n) is 0.864. The minimum Gasteiger partial charge on any atom is -0.381 e. The van der Waals surface area contributed by atoms with Crippen LogP contribution in [0.2, 0.25) is 0 Å². The quantitative estimate of drug-likeness (QED) is 0.645. The first-order valence-corrected chi connectivity index (χ1v) is 6.84. The molecule has 0 aromatic carbocycles. The zero-order valence-corrected chi connectivity index (χ0v) is 10.4. The zero-order chi connectivity index (χ0) is 12.2. The van der Waals surface area contributed by atoms with E-state index in [1.165, 1.54) is 32.1 Å². The van der Waals surface area contributed by atoms with Crippen LogP contribution in [-0.4, -0.2) is 27.9 Å². The first-order chi connectivity index (χ1) is 6.91. The normalized spacial score (nSPS) is 14.7. The molecule has 94 valence electrons. The van der Waals surface area contributed by atoms with Crippen LogP contribution in [-0.2, 0) is 9.30 Å². The molecule has 3 N–H and O–H groups in total. The van der Waals surface area contributed by atoms with Gasteiger partial charge in [0, 0.05) is 13.2 Å². The van der Waals surface area contributed by atoms with Crippen molar-refractivity contribution < 1.29 is 24.0 Å². The summed E-state index contributed by atoms with van der Waals surface area (Å²) >= 11 is 0. The lowest BCUT2D eigenvalue weighted by Gasteiger charge is -1.82. The van der Waals surface area contributed by atoms with Crippen LogP contribution in [0.15, 0.2) is 0 Å². The summed E-state index contributed by atoms with van der Waals surface area (Å²) in [6.07, 6.45) is 6.63. The third-order valence-corrected chi connectivity index (χ3v) is 1.53. The molecule has 15 heavy (non-hydrogen) atoms. The molecule has 0 atom stereocenters. The Kier molecular flexibility index (Phi) is 14.1. The van der Waals surface area contributed by atoms with Gasteiger partial charge >= 0.3 is 7.82 Å². The van der Waals surface area contributed by atoms with Crippen LogP contribution >= 0.6 is 7.82 Å². The van der Waals surface area contributed by atoms with Gasteiger partial charge in [-0.3, -0.25) is 0 Å². The lowest BCUT2D eigenvalue weighted by molar-refractivity contribution is 0.198. The molecule has 0 aromatic rings. The van der Waals surface area contributed by atoms with Crippen LogP contribution in [0.1, 0.15) is 46.0 Å². The summed E-state index contributed by atoms with van der Waals surface area (Å²) in [5.41, 5.74) is 0. The van der Waals surface area contributed by atoms with E-state index in [4.69, 9.17) is 24.0 Å². The maximum absolute atomic E-state index is 8.88.